The first-order chi connectivity index (χ1) is 9.81. The molecule has 0 aliphatic heterocycles. The molecule has 0 radical (unpaired) electrons. The summed E-state index contributed by atoms with van der Waals surface area (Å²) in [7, 11) is 1.40. The zero-order chi connectivity index (χ0) is 16.0. The summed E-state index contributed by atoms with van der Waals surface area (Å²) in [4.78, 5) is 41.1. The van der Waals surface area contributed by atoms with Gasteiger partial charge in [0.15, 0.2) is 0 Å². The Bertz CT molecular complexity index is 562. The van der Waals surface area contributed by atoms with E-state index >= 15 is 0 Å². The Hall–Kier alpha value is -2.91. The number of carboxylic acid groups (broad SMARTS) is 1. The molecule has 0 aliphatic rings. The van der Waals surface area contributed by atoms with Crippen molar-refractivity contribution in [2.24, 2.45) is 5.73 Å². The van der Waals surface area contributed by atoms with Gasteiger partial charge in [-0.25, -0.2) is 14.6 Å². The van der Waals surface area contributed by atoms with E-state index in [4.69, 9.17) is 15.6 Å². The van der Waals surface area contributed by atoms with Gasteiger partial charge in [0.2, 0.25) is 17.7 Å². The molecule has 3 amide bonds. The molecule has 0 fully saturated rings. The molecule has 1 heterocycles. The minimum Gasteiger partial charge on any atom is -0.481 e. The average Bonchev–Trinajstić information content (AvgIpc) is 2.36. The van der Waals surface area contributed by atoms with E-state index in [0.29, 0.717) is 5.69 Å². The maximum Gasteiger partial charge on any atom is 0.326 e. The maximum absolute atomic E-state index is 11.7. The van der Waals surface area contributed by atoms with Gasteiger partial charge in [-0.15, -0.1) is 0 Å². The van der Waals surface area contributed by atoms with Gasteiger partial charge < -0.3 is 20.9 Å². The number of ether oxygens (including phenoxy) is 1. The number of nitrogens with two attached hydrogens (primary N) is 1. The highest BCUT2D eigenvalue weighted by atomic mass is 16.5. The molecule has 10 nitrogen and oxygen atoms in total. The molecule has 21 heavy (non-hydrogen) atoms. The summed E-state index contributed by atoms with van der Waals surface area (Å²) in [5.41, 5.74) is 5.45. The van der Waals surface area contributed by atoms with Crippen LogP contribution in [0.15, 0.2) is 6.07 Å². The average molecular weight is 297 g/mol. The Labute approximate surface area is 119 Å². The van der Waals surface area contributed by atoms with E-state index < -0.39 is 30.4 Å². The number of hydrogen-bond donors (Lipinski definition) is 4. The van der Waals surface area contributed by atoms with Crippen LogP contribution < -0.4 is 21.1 Å². The molecule has 0 saturated heterocycles. The predicted molar refractivity (Wildman–Crippen MR) is 70.7 cm³/mol. The number of anilines is 1. The Morgan fingerprint density at radius 3 is 2.62 bits per heavy atom. The molecule has 1 aromatic heterocycles. The summed E-state index contributed by atoms with van der Waals surface area (Å²) in [6.07, 6.45) is -0.527. The van der Waals surface area contributed by atoms with Gasteiger partial charge in [0, 0.05) is 11.8 Å². The fourth-order valence-corrected chi connectivity index (χ4v) is 1.40. The number of rotatable bonds is 6. The molecular weight excluding hydrogens is 282 g/mol. The predicted octanol–water partition coefficient (Wildman–Crippen LogP) is -0.756. The Morgan fingerprint density at radius 1 is 1.43 bits per heavy atom. The van der Waals surface area contributed by atoms with Gasteiger partial charge >= 0.3 is 12.0 Å². The Balaban J connectivity index is 2.74. The van der Waals surface area contributed by atoms with E-state index in [2.05, 4.69) is 20.6 Å². The fourth-order valence-electron chi connectivity index (χ4n) is 1.40. The van der Waals surface area contributed by atoms with Crippen molar-refractivity contribution in [2.75, 3.05) is 12.4 Å². The van der Waals surface area contributed by atoms with Gasteiger partial charge in [-0.2, -0.15) is 4.98 Å². The number of amides is 3. The van der Waals surface area contributed by atoms with E-state index in [9.17, 15) is 14.4 Å². The number of nitrogens with zero attached hydrogens (tertiary/aromatic N) is 2. The maximum atomic E-state index is 11.7. The fraction of sp³-hybridized carbons (Fsp3) is 0.364. The molecule has 1 atom stereocenters. The monoisotopic (exact) mass is 297 g/mol. The van der Waals surface area contributed by atoms with Crippen molar-refractivity contribution < 1.29 is 24.2 Å². The van der Waals surface area contributed by atoms with Gasteiger partial charge in [-0.3, -0.25) is 10.1 Å². The largest absolute Gasteiger partial charge is 0.481 e. The molecule has 0 aliphatic carbocycles. The standard InChI is InChI=1S/C11H15N5O5/c1-5-3-8(21-2)15-10(13-5)16-11(20)14-6(9(18)19)4-7(12)17/h3,6H,4H2,1-2H3,(H2,12,17)(H,18,19)(H2,13,14,15,16,20)/t6-/m0/s1. The van der Waals surface area contributed by atoms with Crippen molar-refractivity contribution >= 4 is 23.9 Å². The number of nitrogens with one attached hydrogen (secondary N) is 2. The Kier molecular flexibility index (Phi) is 5.40. The number of primary amides is 1. The van der Waals surface area contributed by atoms with Crippen LogP contribution in [-0.4, -0.2) is 46.1 Å². The summed E-state index contributed by atoms with van der Waals surface area (Å²) in [6, 6.07) is -0.763. The Morgan fingerprint density at radius 2 is 2.10 bits per heavy atom. The number of hydrogen-bond acceptors (Lipinski definition) is 6. The topological polar surface area (TPSA) is 157 Å². The first-order valence-electron chi connectivity index (χ1n) is 5.80. The van der Waals surface area contributed by atoms with Crippen molar-refractivity contribution in [3.05, 3.63) is 11.8 Å². The van der Waals surface area contributed by atoms with Gasteiger partial charge in [0.1, 0.15) is 6.04 Å². The lowest BCUT2D eigenvalue weighted by molar-refractivity contribution is -0.140. The molecular formula is C11H15N5O5. The normalized spacial score (nSPS) is 11.3. The summed E-state index contributed by atoms with van der Waals surface area (Å²) >= 11 is 0. The van der Waals surface area contributed by atoms with Gasteiger partial charge in [-0.05, 0) is 6.92 Å². The van der Waals surface area contributed by atoms with Crippen LogP contribution in [0.2, 0.25) is 0 Å². The van der Waals surface area contributed by atoms with Gasteiger partial charge in [-0.1, -0.05) is 0 Å². The third-order valence-corrected chi connectivity index (χ3v) is 2.27. The minimum absolute atomic E-state index is 0.0624. The minimum atomic E-state index is -1.44. The lowest BCUT2D eigenvalue weighted by atomic mass is 10.2. The van der Waals surface area contributed by atoms with Crippen LogP contribution in [0.5, 0.6) is 5.88 Å². The van der Waals surface area contributed by atoms with Crippen molar-refractivity contribution in [1.82, 2.24) is 15.3 Å². The van der Waals surface area contributed by atoms with Crippen molar-refractivity contribution in [2.45, 2.75) is 19.4 Å². The van der Waals surface area contributed by atoms with Gasteiger partial charge in [0.05, 0.1) is 13.5 Å². The van der Waals surface area contributed by atoms with Crippen LogP contribution >= 0.6 is 0 Å². The molecule has 0 aromatic carbocycles. The number of carboxylic acids is 1. The van der Waals surface area contributed by atoms with Crippen LogP contribution in [0, 0.1) is 6.92 Å². The number of urea groups is 1. The van der Waals surface area contributed by atoms with Crippen LogP contribution in [0.1, 0.15) is 12.1 Å². The first kappa shape index (κ1) is 16.1. The molecule has 0 saturated carbocycles. The zero-order valence-electron chi connectivity index (χ0n) is 11.4. The number of carbonyl (C=O) groups is 3. The highest BCUT2D eigenvalue weighted by Crippen LogP contribution is 2.10. The quantitative estimate of drug-likeness (QED) is 0.537. The van der Waals surface area contributed by atoms with Crippen molar-refractivity contribution in [3.8, 4) is 5.88 Å². The molecule has 0 unspecified atom stereocenters. The summed E-state index contributed by atoms with van der Waals surface area (Å²) < 4.78 is 4.91. The molecule has 5 N–H and O–H groups in total. The van der Waals surface area contributed by atoms with E-state index in [1.54, 1.807) is 13.0 Å². The molecule has 0 spiro atoms. The second kappa shape index (κ2) is 7.03. The second-order valence-electron chi connectivity index (χ2n) is 4.04. The molecule has 0 bridgehead atoms. The second-order valence-corrected chi connectivity index (χ2v) is 4.04. The summed E-state index contributed by atoms with van der Waals surface area (Å²) in [5.74, 6) is -2.06. The van der Waals surface area contributed by atoms with Crippen LogP contribution in [0.4, 0.5) is 10.7 Å². The van der Waals surface area contributed by atoms with Crippen molar-refractivity contribution in [3.63, 3.8) is 0 Å². The van der Waals surface area contributed by atoms with E-state index in [1.165, 1.54) is 7.11 Å². The van der Waals surface area contributed by atoms with Crippen LogP contribution in [-0.2, 0) is 9.59 Å². The molecule has 1 aromatic rings. The SMILES string of the molecule is COc1cc(C)nc(NC(=O)N[C@@H](CC(N)=O)C(=O)O)n1. The van der Waals surface area contributed by atoms with Crippen LogP contribution in [0.3, 0.4) is 0 Å². The lowest BCUT2D eigenvalue weighted by Crippen LogP contribution is -2.45. The third kappa shape index (κ3) is 5.30. The van der Waals surface area contributed by atoms with E-state index in [-0.39, 0.29) is 11.8 Å². The highest BCUT2D eigenvalue weighted by Gasteiger charge is 2.22. The summed E-state index contributed by atoms with van der Waals surface area (Å²) in [6.45, 7) is 1.67. The molecule has 1 rings (SSSR count). The van der Waals surface area contributed by atoms with Crippen LogP contribution in [0.25, 0.3) is 0 Å². The van der Waals surface area contributed by atoms with E-state index in [1.807, 2.05) is 0 Å². The number of carbonyl (C=O) groups excluding carboxylic acids is 2. The smallest absolute Gasteiger partial charge is 0.326 e. The first-order valence-corrected chi connectivity index (χ1v) is 5.80. The summed E-state index contributed by atoms with van der Waals surface area (Å²) in [5, 5.41) is 13.2. The molecule has 10 heteroatoms. The number of aliphatic carboxylic acids is 1. The van der Waals surface area contributed by atoms with Gasteiger partial charge in [0.25, 0.3) is 0 Å². The molecule has 114 valence electrons. The third-order valence-electron chi connectivity index (χ3n) is 2.27. The number of aromatic nitrogens is 2. The van der Waals surface area contributed by atoms with Crippen molar-refractivity contribution in [1.29, 1.82) is 0 Å². The lowest BCUT2D eigenvalue weighted by Gasteiger charge is -2.13. The highest BCUT2D eigenvalue weighted by molar-refractivity contribution is 5.92. The zero-order valence-corrected chi connectivity index (χ0v) is 11.4. The number of aryl methyl sites for hydroxylation is 1. The number of methoxy groups -OCH3 is 1. The van der Waals surface area contributed by atoms with E-state index in [0.717, 1.165) is 0 Å².